The number of amides is 2. The van der Waals surface area contributed by atoms with Crippen LogP contribution in [0.2, 0.25) is 0 Å². The Morgan fingerprint density at radius 2 is 1.83 bits per heavy atom. The summed E-state index contributed by atoms with van der Waals surface area (Å²) in [5, 5.41) is 0. The molecule has 0 bridgehead atoms. The average molecular weight is 402 g/mol. The summed E-state index contributed by atoms with van der Waals surface area (Å²) in [5.74, 6) is 1.67. The molecule has 7 heteroatoms. The summed E-state index contributed by atoms with van der Waals surface area (Å²) >= 11 is 0. The first-order chi connectivity index (χ1) is 14.7. The van der Waals surface area contributed by atoms with E-state index in [1.54, 1.807) is 6.20 Å². The molecule has 0 saturated carbocycles. The SMILES string of the molecule is O=C1C=CC(=O)N1CC[n+]1ccc(-c2cnc(-c3ccc4c(c3)CCCO4)o2)cc1. The Hall–Kier alpha value is -3.74. The molecule has 5 rings (SSSR count). The second kappa shape index (κ2) is 7.59. The topological polar surface area (TPSA) is 76.5 Å². The monoisotopic (exact) mass is 402 g/mol. The van der Waals surface area contributed by atoms with E-state index in [-0.39, 0.29) is 11.8 Å². The molecule has 150 valence electrons. The standard InChI is InChI=1S/C23H20N3O4/c27-21-5-6-22(28)26(21)12-11-25-9-7-16(8-10-25)20-15-24-23(30-20)18-3-4-19-17(14-18)2-1-13-29-19/h3-10,14-15H,1-2,11-13H2/q+1. The maximum Gasteiger partial charge on any atom is 0.253 e. The molecule has 2 aliphatic rings. The number of aryl methyl sites for hydroxylation is 1. The van der Waals surface area contributed by atoms with Crippen molar-refractivity contribution in [1.29, 1.82) is 0 Å². The number of benzene rings is 1. The Bertz CT molecular complexity index is 1130. The van der Waals surface area contributed by atoms with Crippen molar-refractivity contribution in [2.75, 3.05) is 13.2 Å². The Labute approximate surface area is 173 Å². The number of oxazole rings is 1. The first-order valence-corrected chi connectivity index (χ1v) is 9.92. The van der Waals surface area contributed by atoms with Gasteiger partial charge in [-0.15, -0.1) is 0 Å². The van der Waals surface area contributed by atoms with Crippen LogP contribution >= 0.6 is 0 Å². The molecule has 7 nitrogen and oxygen atoms in total. The molecule has 0 spiro atoms. The van der Waals surface area contributed by atoms with Crippen LogP contribution in [0.4, 0.5) is 0 Å². The molecule has 2 aliphatic heterocycles. The number of hydrogen-bond acceptors (Lipinski definition) is 5. The molecule has 4 heterocycles. The van der Waals surface area contributed by atoms with Gasteiger partial charge in [0.05, 0.1) is 19.3 Å². The number of carbonyl (C=O) groups is 2. The van der Waals surface area contributed by atoms with Crippen LogP contribution in [0.25, 0.3) is 22.8 Å². The van der Waals surface area contributed by atoms with Gasteiger partial charge in [-0.3, -0.25) is 14.5 Å². The molecule has 0 unspecified atom stereocenters. The highest BCUT2D eigenvalue weighted by molar-refractivity contribution is 6.12. The molecule has 30 heavy (non-hydrogen) atoms. The van der Waals surface area contributed by atoms with Crippen LogP contribution < -0.4 is 9.30 Å². The van der Waals surface area contributed by atoms with E-state index >= 15 is 0 Å². The lowest BCUT2D eigenvalue weighted by molar-refractivity contribution is -0.695. The van der Waals surface area contributed by atoms with Crippen molar-refractivity contribution in [3.05, 3.63) is 66.6 Å². The van der Waals surface area contributed by atoms with E-state index in [4.69, 9.17) is 9.15 Å². The van der Waals surface area contributed by atoms with Crippen LogP contribution in [0, 0.1) is 0 Å². The van der Waals surface area contributed by atoms with Gasteiger partial charge in [-0.25, -0.2) is 9.55 Å². The lowest BCUT2D eigenvalue weighted by atomic mass is 10.0. The van der Waals surface area contributed by atoms with Crippen molar-refractivity contribution >= 4 is 11.8 Å². The second-order valence-electron chi connectivity index (χ2n) is 7.29. The number of imide groups is 1. The van der Waals surface area contributed by atoms with Crippen molar-refractivity contribution in [1.82, 2.24) is 9.88 Å². The van der Waals surface area contributed by atoms with Crippen LogP contribution in [0.1, 0.15) is 12.0 Å². The molecule has 0 atom stereocenters. The highest BCUT2D eigenvalue weighted by Gasteiger charge is 2.24. The van der Waals surface area contributed by atoms with Crippen molar-refractivity contribution in [3.63, 3.8) is 0 Å². The molecule has 0 fully saturated rings. The number of hydrogen-bond donors (Lipinski definition) is 0. The third kappa shape index (κ3) is 3.50. The zero-order valence-corrected chi connectivity index (χ0v) is 16.3. The van der Waals surface area contributed by atoms with E-state index in [1.165, 1.54) is 22.6 Å². The van der Waals surface area contributed by atoms with Gasteiger partial charge in [-0.2, -0.15) is 0 Å². The van der Waals surface area contributed by atoms with E-state index in [2.05, 4.69) is 11.1 Å². The van der Waals surface area contributed by atoms with E-state index in [0.29, 0.717) is 24.7 Å². The highest BCUT2D eigenvalue weighted by Crippen LogP contribution is 2.31. The Morgan fingerprint density at radius 1 is 1.03 bits per heavy atom. The molecule has 2 amide bonds. The lowest BCUT2D eigenvalue weighted by Crippen LogP contribution is -2.42. The van der Waals surface area contributed by atoms with E-state index in [1.807, 2.05) is 41.2 Å². The molecule has 3 aromatic rings. The first kappa shape index (κ1) is 18.3. The van der Waals surface area contributed by atoms with Gasteiger partial charge >= 0.3 is 0 Å². The quantitative estimate of drug-likeness (QED) is 0.484. The number of carbonyl (C=O) groups excluding carboxylic acids is 2. The third-order valence-corrected chi connectivity index (χ3v) is 5.32. The maximum absolute atomic E-state index is 11.6. The number of fused-ring (bicyclic) bond motifs is 1. The van der Waals surface area contributed by atoms with Crippen LogP contribution in [0.3, 0.4) is 0 Å². The first-order valence-electron chi connectivity index (χ1n) is 9.92. The number of rotatable bonds is 5. The van der Waals surface area contributed by atoms with E-state index < -0.39 is 0 Å². The summed E-state index contributed by atoms with van der Waals surface area (Å²) in [5.41, 5.74) is 3.02. The molecule has 1 aromatic carbocycles. The summed E-state index contributed by atoms with van der Waals surface area (Å²) in [7, 11) is 0. The fourth-order valence-electron chi connectivity index (χ4n) is 3.67. The molecular weight excluding hydrogens is 382 g/mol. The molecule has 0 aliphatic carbocycles. The number of nitrogens with zero attached hydrogens (tertiary/aromatic N) is 3. The van der Waals surface area contributed by atoms with Gasteiger partial charge in [-0.05, 0) is 36.6 Å². The van der Waals surface area contributed by atoms with E-state index in [9.17, 15) is 9.59 Å². The minimum Gasteiger partial charge on any atom is -0.493 e. The van der Waals surface area contributed by atoms with Crippen LogP contribution in [-0.2, 0) is 22.6 Å². The normalized spacial score (nSPS) is 15.4. The molecule has 0 saturated heterocycles. The van der Waals surface area contributed by atoms with Crippen molar-refractivity contribution < 1.29 is 23.3 Å². The summed E-state index contributed by atoms with van der Waals surface area (Å²) < 4.78 is 13.6. The summed E-state index contributed by atoms with van der Waals surface area (Å²) in [4.78, 5) is 28.9. The fourth-order valence-corrected chi connectivity index (χ4v) is 3.67. The van der Waals surface area contributed by atoms with Crippen LogP contribution in [0.5, 0.6) is 5.75 Å². The Morgan fingerprint density at radius 3 is 2.63 bits per heavy atom. The molecule has 2 aromatic heterocycles. The molecule has 0 N–H and O–H groups in total. The highest BCUT2D eigenvalue weighted by atomic mass is 16.5. The zero-order valence-electron chi connectivity index (χ0n) is 16.3. The van der Waals surface area contributed by atoms with Gasteiger partial charge in [0.15, 0.2) is 24.7 Å². The number of ether oxygens (including phenoxy) is 1. The minimum atomic E-state index is -0.264. The average Bonchev–Trinajstić information content (AvgIpc) is 3.40. The minimum absolute atomic E-state index is 0.264. The van der Waals surface area contributed by atoms with Crippen LogP contribution in [0.15, 0.2) is 65.5 Å². The number of aromatic nitrogens is 2. The van der Waals surface area contributed by atoms with Gasteiger partial charge in [0.2, 0.25) is 5.89 Å². The Balaban J connectivity index is 1.28. The maximum atomic E-state index is 11.6. The predicted octanol–water partition coefficient (Wildman–Crippen LogP) is 2.55. The van der Waals surface area contributed by atoms with Gasteiger partial charge in [0, 0.05) is 35.4 Å². The second-order valence-corrected chi connectivity index (χ2v) is 7.29. The van der Waals surface area contributed by atoms with E-state index in [0.717, 1.165) is 36.3 Å². The van der Waals surface area contributed by atoms with Crippen molar-refractivity contribution in [3.8, 4) is 28.5 Å². The van der Waals surface area contributed by atoms with Crippen molar-refractivity contribution in [2.45, 2.75) is 19.4 Å². The largest absolute Gasteiger partial charge is 0.493 e. The smallest absolute Gasteiger partial charge is 0.253 e. The Kier molecular flexibility index (Phi) is 4.63. The summed E-state index contributed by atoms with van der Waals surface area (Å²) in [6.45, 7) is 1.63. The lowest BCUT2D eigenvalue weighted by Gasteiger charge is -2.17. The summed E-state index contributed by atoms with van der Waals surface area (Å²) in [6, 6.07) is 9.88. The van der Waals surface area contributed by atoms with Gasteiger partial charge in [0.25, 0.3) is 11.8 Å². The third-order valence-electron chi connectivity index (χ3n) is 5.32. The van der Waals surface area contributed by atoms with Gasteiger partial charge in [0.1, 0.15) is 5.75 Å². The molecule has 0 radical (unpaired) electrons. The zero-order chi connectivity index (χ0) is 20.5. The van der Waals surface area contributed by atoms with Crippen LogP contribution in [-0.4, -0.2) is 34.8 Å². The predicted molar refractivity (Wildman–Crippen MR) is 107 cm³/mol. The number of pyridine rings is 1. The van der Waals surface area contributed by atoms with Gasteiger partial charge in [-0.1, -0.05) is 0 Å². The summed E-state index contributed by atoms with van der Waals surface area (Å²) in [6.07, 6.45) is 10.1. The van der Waals surface area contributed by atoms with Crippen molar-refractivity contribution in [2.24, 2.45) is 0 Å². The fraction of sp³-hybridized carbons (Fsp3) is 0.217. The molecular formula is C23H20N3O4+. The van der Waals surface area contributed by atoms with Gasteiger partial charge < -0.3 is 9.15 Å².